The van der Waals surface area contributed by atoms with Crippen LogP contribution in [0.2, 0.25) is 0 Å². The van der Waals surface area contributed by atoms with Crippen molar-refractivity contribution in [3.63, 3.8) is 0 Å². The van der Waals surface area contributed by atoms with Crippen molar-refractivity contribution in [1.82, 2.24) is 5.32 Å². The summed E-state index contributed by atoms with van der Waals surface area (Å²) in [6.07, 6.45) is 0.0163. The molecule has 2 nitrogen and oxygen atoms in total. The van der Waals surface area contributed by atoms with Crippen molar-refractivity contribution in [2.45, 2.75) is 32.9 Å². The van der Waals surface area contributed by atoms with E-state index in [1.54, 1.807) is 0 Å². The van der Waals surface area contributed by atoms with E-state index < -0.39 is 0 Å². The quantitative estimate of drug-likeness (QED) is 0.851. The van der Waals surface area contributed by atoms with E-state index in [1.807, 2.05) is 20.0 Å². The summed E-state index contributed by atoms with van der Waals surface area (Å²) in [4.78, 5) is 0. The molecule has 0 aliphatic carbocycles. The normalized spacial score (nSPS) is 13.9. The highest BCUT2D eigenvalue weighted by atomic mass is 16.5. The highest BCUT2D eigenvalue weighted by molar-refractivity contribution is 5.35. The molecule has 0 saturated carbocycles. The van der Waals surface area contributed by atoms with Crippen LogP contribution in [0.15, 0.2) is 48.5 Å². The largest absolute Gasteiger partial charge is 0.372 e. The smallest absolute Gasteiger partial charge is 0.102 e. The van der Waals surface area contributed by atoms with Crippen LogP contribution < -0.4 is 5.32 Å². The van der Waals surface area contributed by atoms with Crippen molar-refractivity contribution >= 4 is 0 Å². The fraction of sp³-hybridized carbons (Fsp3) is 0.368. The molecule has 0 aliphatic rings. The van der Waals surface area contributed by atoms with Crippen molar-refractivity contribution in [2.75, 3.05) is 13.7 Å². The van der Waals surface area contributed by atoms with Crippen LogP contribution in [0, 0.1) is 13.8 Å². The summed E-state index contributed by atoms with van der Waals surface area (Å²) < 4.78 is 6.06. The summed E-state index contributed by atoms with van der Waals surface area (Å²) in [5, 5.41) is 3.44. The van der Waals surface area contributed by atoms with Crippen molar-refractivity contribution in [3.05, 3.63) is 70.8 Å². The van der Waals surface area contributed by atoms with Crippen LogP contribution in [0.4, 0.5) is 0 Å². The Labute approximate surface area is 128 Å². The molecule has 112 valence electrons. The van der Waals surface area contributed by atoms with Crippen LogP contribution >= 0.6 is 0 Å². The number of aryl methyl sites for hydroxylation is 2. The van der Waals surface area contributed by atoms with Crippen LogP contribution in [-0.4, -0.2) is 13.7 Å². The number of hydrogen-bond acceptors (Lipinski definition) is 2. The Morgan fingerprint density at radius 3 is 2.33 bits per heavy atom. The molecule has 0 amide bonds. The molecule has 2 aromatic carbocycles. The molecule has 2 atom stereocenters. The molecule has 0 aliphatic heterocycles. The van der Waals surface area contributed by atoms with Gasteiger partial charge in [-0.2, -0.15) is 0 Å². The molecule has 21 heavy (non-hydrogen) atoms. The van der Waals surface area contributed by atoms with Crippen LogP contribution in [0.5, 0.6) is 0 Å². The fourth-order valence-electron chi connectivity index (χ4n) is 2.85. The molecule has 0 radical (unpaired) electrons. The Kier molecular flexibility index (Phi) is 5.54. The highest BCUT2D eigenvalue weighted by Gasteiger charge is 2.25. The van der Waals surface area contributed by atoms with Crippen LogP contribution in [-0.2, 0) is 4.74 Å². The van der Waals surface area contributed by atoms with Gasteiger partial charge in [0.1, 0.15) is 6.10 Å². The first-order valence-corrected chi connectivity index (χ1v) is 7.58. The maximum atomic E-state index is 6.06. The topological polar surface area (TPSA) is 21.3 Å². The molecular weight excluding hydrogens is 258 g/mol. The SMILES string of the molecule is CCOC(c1ccccc1)C(NC)c1ccc(C)cc1C. The first kappa shape index (κ1) is 15.7. The van der Waals surface area contributed by atoms with Gasteiger partial charge in [-0.25, -0.2) is 0 Å². The van der Waals surface area contributed by atoms with E-state index in [2.05, 4.69) is 61.6 Å². The van der Waals surface area contributed by atoms with Gasteiger partial charge in [-0.15, -0.1) is 0 Å². The molecule has 0 fully saturated rings. The molecule has 2 unspecified atom stereocenters. The number of benzene rings is 2. The number of likely N-dealkylation sites (N-methyl/N-ethyl adjacent to an activating group) is 1. The van der Waals surface area contributed by atoms with Gasteiger partial charge < -0.3 is 10.1 Å². The lowest BCUT2D eigenvalue weighted by molar-refractivity contribution is 0.0345. The predicted octanol–water partition coefficient (Wildman–Crippen LogP) is 4.34. The van der Waals surface area contributed by atoms with E-state index >= 15 is 0 Å². The Morgan fingerprint density at radius 2 is 1.76 bits per heavy atom. The van der Waals surface area contributed by atoms with Gasteiger partial charge in [-0.1, -0.05) is 54.1 Å². The van der Waals surface area contributed by atoms with E-state index in [4.69, 9.17) is 4.74 Å². The second kappa shape index (κ2) is 7.39. The van der Waals surface area contributed by atoms with Gasteiger partial charge in [0.15, 0.2) is 0 Å². The number of ether oxygens (including phenoxy) is 1. The van der Waals surface area contributed by atoms with Crippen molar-refractivity contribution in [2.24, 2.45) is 0 Å². The Bertz CT molecular complexity index is 565. The lowest BCUT2D eigenvalue weighted by Gasteiger charge is -2.29. The van der Waals surface area contributed by atoms with Crippen molar-refractivity contribution < 1.29 is 4.74 Å². The van der Waals surface area contributed by atoms with Crippen LogP contribution in [0.1, 0.15) is 41.3 Å². The summed E-state index contributed by atoms with van der Waals surface area (Å²) in [7, 11) is 2.00. The molecule has 2 rings (SSSR count). The lowest BCUT2D eigenvalue weighted by Crippen LogP contribution is -2.26. The number of nitrogens with one attached hydrogen (secondary N) is 1. The zero-order valence-corrected chi connectivity index (χ0v) is 13.4. The summed E-state index contributed by atoms with van der Waals surface area (Å²) in [5.74, 6) is 0. The average Bonchev–Trinajstić information content (AvgIpc) is 2.50. The van der Waals surface area contributed by atoms with Gasteiger partial charge in [0.25, 0.3) is 0 Å². The zero-order chi connectivity index (χ0) is 15.2. The van der Waals surface area contributed by atoms with Gasteiger partial charge in [0.2, 0.25) is 0 Å². The van der Waals surface area contributed by atoms with E-state index in [9.17, 15) is 0 Å². The maximum Gasteiger partial charge on any atom is 0.102 e. The van der Waals surface area contributed by atoms with Gasteiger partial charge in [-0.3, -0.25) is 0 Å². The standard InChI is InChI=1S/C19H25NO/c1-5-21-19(16-9-7-6-8-10-16)18(20-4)17-12-11-14(2)13-15(17)3/h6-13,18-20H,5H2,1-4H3. The number of rotatable bonds is 6. The van der Waals surface area contributed by atoms with E-state index in [1.165, 1.54) is 22.3 Å². The van der Waals surface area contributed by atoms with Gasteiger partial charge in [-0.05, 0) is 44.5 Å². The molecule has 0 saturated heterocycles. The molecule has 2 aromatic rings. The first-order chi connectivity index (χ1) is 10.2. The molecule has 0 heterocycles. The number of hydrogen-bond donors (Lipinski definition) is 1. The van der Waals surface area contributed by atoms with Gasteiger partial charge >= 0.3 is 0 Å². The van der Waals surface area contributed by atoms with Crippen molar-refractivity contribution in [3.8, 4) is 0 Å². The highest BCUT2D eigenvalue weighted by Crippen LogP contribution is 2.33. The lowest BCUT2D eigenvalue weighted by atomic mass is 9.92. The molecule has 0 aromatic heterocycles. The third kappa shape index (κ3) is 3.72. The van der Waals surface area contributed by atoms with Gasteiger partial charge in [0, 0.05) is 6.61 Å². The average molecular weight is 283 g/mol. The summed E-state index contributed by atoms with van der Waals surface area (Å²) in [6, 6.07) is 17.2. The maximum absolute atomic E-state index is 6.06. The Balaban J connectivity index is 2.40. The fourth-order valence-corrected chi connectivity index (χ4v) is 2.85. The van der Waals surface area contributed by atoms with Crippen LogP contribution in [0.25, 0.3) is 0 Å². The van der Waals surface area contributed by atoms with E-state index in [0.29, 0.717) is 6.61 Å². The minimum absolute atomic E-state index is 0.0163. The van der Waals surface area contributed by atoms with E-state index in [-0.39, 0.29) is 12.1 Å². The second-order valence-corrected chi connectivity index (χ2v) is 5.41. The zero-order valence-electron chi connectivity index (χ0n) is 13.4. The first-order valence-electron chi connectivity index (χ1n) is 7.58. The van der Waals surface area contributed by atoms with Crippen LogP contribution in [0.3, 0.4) is 0 Å². The second-order valence-electron chi connectivity index (χ2n) is 5.41. The summed E-state index contributed by atoms with van der Waals surface area (Å²) >= 11 is 0. The third-order valence-corrected chi connectivity index (χ3v) is 3.85. The molecule has 1 N–H and O–H groups in total. The predicted molar refractivity (Wildman–Crippen MR) is 88.5 cm³/mol. The molecule has 2 heteroatoms. The van der Waals surface area contributed by atoms with E-state index in [0.717, 1.165) is 0 Å². The molecule has 0 bridgehead atoms. The summed E-state index contributed by atoms with van der Waals surface area (Å²) in [5.41, 5.74) is 5.10. The Hall–Kier alpha value is -1.64. The molecular formula is C19H25NO. The third-order valence-electron chi connectivity index (χ3n) is 3.85. The Morgan fingerprint density at radius 1 is 1.05 bits per heavy atom. The minimum Gasteiger partial charge on any atom is -0.372 e. The monoisotopic (exact) mass is 283 g/mol. The summed E-state index contributed by atoms with van der Waals surface area (Å²) in [6.45, 7) is 7.04. The van der Waals surface area contributed by atoms with Crippen molar-refractivity contribution in [1.29, 1.82) is 0 Å². The van der Waals surface area contributed by atoms with Gasteiger partial charge in [0.05, 0.1) is 6.04 Å². The minimum atomic E-state index is 0.0163. The molecule has 0 spiro atoms.